The van der Waals surface area contributed by atoms with Crippen LogP contribution in [0.15, 0.2) is 46.9 Å². The Morgan fingerprint density at radius 2 is 1.95 bits per heavy atom. The van der Waals surface area contributed by atoms with Gasteiger partial charge in [0.15, 0.2) is 0 Å². The van der Waals surface area contributed by atoms with E-state index < -0.39 is 0 Å². The third-order valence-electron chi connectivity index (χ3n) is 3.56. The van der Waals surface area contributed by atoms with Crippen molar-refractivity contribution in [2.45, 2.75) is 32.7 Å². The average molecular weight is 367 g/mol. The molecule has 1 N–H and O–H groups in total. The molecule has 0 radical (unpaired) electrons. The summed E-state index contributed by atoms with van der Waals surface area (Å²) in [5, 5.41) is 4.39. The Morgan fingerprint density at radius 1 is 1.14 bits per heavy atom. The largest absolute Gasteiger partial charge is 0.306 e. The molecular weight excluding hydrogens is 346 g/mol. The van der Waals surface area contributed by atoms with Gasteiger partial charge in [0.2, 0.25) is 0 Å². The molecule has 2 aromatic carbocycles. The summed E-state index contributed by atoms with van der Waals surface area (Å²) in [5.41, 5.74) is 3.88. The first-order valence-corrected chi connectivity index (χ1v) is 8.60. The first-order valence-electron chi connectivity index (χ1n) is 7.42. The molecule has 1 nitrogen and oxygen atoms in total. The predicted molar refractivity (Wildman–Crippen MR) is 95.1 cm³/mol. The number of halogens is 2. The second-order valence-electron chi connectivity index (χ2n) is 5.15. The first-order chi connectivity index (χ1) is 10.2. The average Bonchev–Trinajstić information content (AvgIpc) is 2.49. The van der Waals surface area contributed by atoms with Crippen LogP contribution in [0, 0.1) is 0 Å². The lowest BCUT2D eigenvalue weighted by Gasteiger charge is -2.21. The molecule has 0 aromatic heterocycles. The Hall–Kier alpha value is -0.830. The lowest BCUT2D eigenvalue weighted by atomic mass is 9.96. The minimum Gasteiger partial charge on any atom is -0.306 e. The maximum Gasteiger partial charge on any atom is 0.0587 e. The molecule has 2 aromatic rings. The molecule has 0 aliphatic rings. The number of nitrogens with one attached hydrogen (secondary N) is 1. The molecule has 1 unspecified atom stereocenters. The highest BCUT2D eigenvalue weighted by Gasteiger charge is 2.16. The molecule has 0 amide bonds. The molecule has 2 rings (SSSR count). The molecule has 0 heterocycles. The van der Waals surface area contributed by atoms with E-state index in [0.29, 0.717) is 0 Å². The second kappa shape index (κ2) is 7.98. The number of hydrogen-bond acceptors (Lipinski definition) is 1. The van der Waals surface area contributed by atoms with Crippen molar-refractivity contribution in [2.75, 3.05) is 6.54 Å². The predicted octanol–water partition coefficient (Wildman–Crippen LogP) is 5.75. The molecule has 21 heavy (non-hydrogen) atoms. The third-order valence-corrected chi connectivity index (χ3v) is 4.49. The lowest BCUT2D eigenvalue weighted by molar-refractivity contribution is 0.596. The van der Waals surface area contributed by atoms with Crippen molar-refractivity contribution < 1.29 is 0 Å². The van der Waals surface area contributed by atoms with E-state index in [0.717, 1.165) is 28.9 Å². The van der Waals surface area contributed by atoms with Gasteiger partial charge < -0.3 is 5.32 Å². The van der Waals surface area contributed by atoms with Gasteiger partial charge in [0, 0.05) is 9.50 Å². The van der Waals surface area contributed by atoms with E-state index in [1.54, 1.807) is 0 Å². The van der Waals surface area contributed by atoms with E-state index in [-0.39, 0.29) is 6.04 Å². The molecular formula is C18H21BrClN. The summed E-state index contributed by atoms with van der Waals surface area (Å²) in [7, 11) is 0. The van der Waals surface area contributed by atoms with Gasteiger partial charge in [-0.3, -0.25) is 0 Å². The third kappa shape index (κ3) is 4.32. The molecule has 0 saturated carbocycles. The van der Waals surface area contributed by atoms with Gasteiger partial charge in [0.1, 0.15) is 0 Å². The summed E-state index contributed by atoms with van der Waals surface area (Å²) in [6.45, 7) is 5.35. The second-order valence-corrected chi connectivity index (χ2v) is 6.44. The normalized spacial score (nSPS) is 12.4. The van der Waals surface area contributed by atoms with E-state index in [2.05, 4.69) is 65.4 Å². The van der Waals surface area contributed by atoms with E-state index >= 15 is 0 Å². The van der Waals surface area contributed by atoms with Gasteiger partial charge in [-0.05, 0) is 48.2 Å². The van der Waals surface area contributed by atoms with E-state index in [1.807, 2.05) is 12.1 Å². The molecule has 0 fully saturated rings. The van der Waals surface area contributed by atoms with Crippen LogP contribution in [-0.4, -0.2) is 6.54 Å². The molecule has 3 heteroatoms. The highest BCUT2D eigenvalue weighted by atomic mass is 79.9. The van der Waals surface area contributed by atoms with Crippen molar-refractivity contribution in [3.05, 3.63) is 68.7 Å². The van der Waals surface area contributed by atoms with Crippen molar-refractivity contribution in [1.29, 1.82) is 0 Å². The van der Waals surface area contributed by atoms with Crippen molar-refractivity contribution in [3.8, 4) is 0 Å². The molecule has 1 atom stereocenters. The summed E-state index contributed by atoms with van der Waals surface area (Å²) < 4.78 is 1.05. The fraction of sp³-hybridized carbons (Fsp3) is 0.333. The number of benzene rings is 2. The van der Waals surface area contributed by atoms with Crippen LogP contribution in [0.25, 0.3) is 0 Å². The Balaban J connectivity index is 2.41. The van der Waals surface area contributed by atoms with Crippen LogP contribution in [0.2, 0.25) is 5.02 Å². The zero-order valence-electron chi connectivity index (χ0n) is 12.5. The lowest BCUT2D eigenvalue weighted by Crippen LogP contribution is -2.23. The van der Waals surface area contributed by atoms with Crippen molar-refractivity contribution in [3.63, 3.8) is 0 Å². The van der Waals surface area contributed by atoms with Crippen LogP contribution in [0.3, 0.4) is 0 Å². The highest BCUT2D eigenvalue weighted by molar-refractivity contribution is 9.10. The van der Waals surface area contributed by atoms with Crippen LogP contribution >= 0.6 is 27.5 Å². The smallest absolute Gasteiger partial charge is 0.0587 e. The Bertz CT molecular complexity index is 598. The Morgan fingerprint density at radius 3 is 2.62 bits per heavy atom. The quantitative estimate of drug-likeness (QED) is 0.686. The number of hydrogen-bond donors (Lipinski definition) is 1. The summed E-state index contributed by atoms with van der Waals surface area (Å²) in [6.07, 6.45) is 2.16. The Labute approximate surface area is 140 Å². The molecule has 0 aliphatic carbocycles. The van der Waals surface area contributed by atoms with Crippen LogP contribution in [0.4, 0.5) is 0 Å². The fourth-order valence-corrected chi connectivity index (χ4v) is 3.34. The Kier molecular flexibility index (Phi) is 6.28. The van der Waals surface area contributed by atoms with Gasteiger partial charge in [-0.25, -0.2) is 0 Å². The van der Waals surface area contributed by atoms with Gasteiger partial charge in [-0.1, -0.05) is 71.7 Å². The van der Waals surface area contributed by atoms with E-state index in [1.165, 1.54) is 16.7 Å². The fourth-order valence-electron chi connectivity index (χ4n) is 2.42. The summed E-state index contributed by atoms with van der Waals surface area (Å²) in [4.78, 5) is 0. The molecule has 0 saturated heterocycles. The number of aryl methyl sites for hydroxylation is 1. The minimum atomic E-state index is 0.183. The monoisotopic (exact) mass is 365 g/mol. The van der Waals surface area contributed by atoms with Gasteiger partial charge in [0.05, 0.1) is 6.04 Å². The van der Waals surface area contributed by atoms with Gasteiger partial charge in [0.25, 0.3) is 0 Å². The van der Waals surface area contributed by atoms with Crippen LogP contribution < -0.4 is 5.32 Å². The minimum absolute atomic E-state index is 0.183. The van der Waals surface area contributed by atoms with Gasteiger partial charge >= 0.3 is 0 Å². The summed E-state index contributed by atoms with van der Waals surface area (Å²) >= 11 is 9.72. The van der Waals surface area contributed by atoms with Crippen LogP contribution in [0.5, 0.6) is 0 Å². The standard InChI is InChI=1S/C18H21BrClN/c1-3-10-21-18(14-7-5-6-13(4-2)11-14)16-9-8-15(20)12-17(16)19/h5-9,11-12,18,21H,3-4,10H2,1-2H3. The SMILES string of the molecule is CCCNC(c1cccc(CC)c1)c1ccc(Cl)cc1Br. The van der Waals surface area contributed by atoms with Crippen LogP contribution in [-0.2, 0) is 6.42 Å². The zero-order valence-corrected chi connectivity index (χ0v) is 14.8. The van der Waals surface area contributed by atoms with Gasteiger partial charge in [-0.15, -0.1) is 0 Å². The van der Waals surface area contributed by atoms with E-state index in [4.69, 9.17) is 11.6 Å². The maximum absolute atomic E-state index is 6.07. The molecule has 0 bridgehead atoms. The molecule has 0 aliphatic heterocycles. The maximum atomic E-state index is 6.07. The highest BCUT2D eigenvalue weighted by Crippen LogP contribution is 2.31. The van der Waals surface area contributed by atoms with Crippen molar-refractivity contribution in [1.82, 2.24) is 5.32 Å². The molecule has 0 spiro atoms. The molecule has 112 valence electrons. The van der Waals surface area contributed by atoms with Crippen molar-refractivity contribution >= 4 is 27.5 Å². The summed E-state index contributed by atoms with van der Waals surface area (Å²) in [6, 6.07) is 15.0. The number of rotatable bonds is 6. The topological polar surface area (TPSA) is 12.0 Å². The van der Waals surface area contributed by atoms with Crippen molar-refractivity contribution in [2.24, 2.45) is 0 Å². The summed E-state index contributed by atoms with van der Waals surface area (Å²) in [5.74, 6) is 0. The first kappa shape index (κ1) is 16.5. The van der Waals surface area contributed by atoms with E-state index in [9.17, 15) is 0 Å². The zero-order chi connectivity index (χ0) is 15.2. The van der Waals surface area contributed by atoms with Gasteiger partial charge in [-0.2, -0.15) is 0 Å². The van der Waals surface area contributed by atoms with Crippen LogP contribution in [0.1, 0.15) is 43.0 Å².